The molecule has 0 aliphatic heterocycles. The van der Waals surface area contributed by atoms with Crippen molar-refractivity contribution in [2.24, 2.45) is 5.92 Å². The quantitative estimate of drug-likeness (QED) is 0.821. The molecule has 0 spiro atoms. The molecule has 1 atom stereocenters. The van der Waals surface area contributed by atoms with Crippen LogP contribution in [0.1, 0.15) is 39.0 Å². The summed E-state index contributed by atoms with van der Waals surface area (Å²) in [6.07, 6.45) is 3.26. The number of nitrogens with one attached hydrogen (secondary N) is 2. The lowest BCUT2D eigenvalue weighted by atomic mass is 9.90. The number of amides is 3. The molecule has 2 aromatic rings. The highest BCUT2D eigenvalue weighted by Gasteiger charge is 2.21. The zero-order valence-corrected chi connectivity index (χ0v) is 15.4. The smallest absolute Gasteiger partial charge is 0.322 e. The molecule has 3 amide bonds. The van der Waals surface area contributed by atoms with Gasteiger partial charge >= 0.3 is 6.03 Å². The van der Waals surface area contributed by atoms with E-state index in [0.29, 0.717) is 17.3 Å². The Morgan fingerprint density at radius 3 is 2.96 bits per heavy atom. The largest absolute Gasteiger partial charge is 0.336 e. The maximum atomic E-state index is 12.3. The van der Waals surface area contributed by atoms with Gasteiger partial charge in [0.25, 0.3) is 5.91 Å². The monoisotopic (exact) mass is 363 g/mol. The van der Waals surface area contributed by atoms with Crippen LogP contribution < -0.4 is 10.9 Å². The van der Waals surface area contributed by atoms with E-state index in [9.17, 15) is 9.59 Å². The highest BCUT2D eigenvalue weighted by molar-refractivity contribution is 7.14. The number of aryl methyl sites for hydroxylation is 1. The number of nitrogens with zero attached hydrogens (tertiary/aromatic N) is 1. The van der Waals surface area contributed by atoms with Crippen LogP contribution in [-0.4, -0.2) is 23.9 Å². The molecular weight excluding hydrogens is 342 g/mol. The Balaban J connectivity index is 1.52. The Bertz CT molecular complexity index is 724. The predicted molar refractivity (Wildman–Crippen MR) is 97.3 cm³/mol. The molecule has 0 saturated heterocycles. The van der Waals surface area contributed by atoms with E-state index in [-0.39, 0.29) is 11.9 Å². The normalized spacial score (nSPS) is 16.3. The second kappa shape index (κ2) is 7.36. The molecule has 128 valence electrons. The Morgan fingerprint density at radius 2 is 2.21 bits per heavy atom. The minimum absolute atomic E-state index is 0.251. The molecule has 2 heterocycles. The van der Waals surface area contributed by atoms with Crippen LogP contribution in [0, 0.1) is 5.92 Å². The van der Waals surface area contributed by atoms with Gasteiger partial charge in [0.2, 0.25) is 0 Å². The van der Waals surface area contributed by atoms with Gasteiger partial charge < -0.3 is 4.90 Å². The van der Waals surface area contributed by atoms with Crippen LogP contribution in [0.4, 0.5) is 4.79 Å². The summed E-state index contributed by atoms with van der Waals surface area (Å²) >= 11 is 3.13. The third-order valence-corrected chi connectivity index (χ3v) is 6.15. The van der Waals surface area contributed by atoms with Gasteiger partial charge in [0.15, 0.2) is 0 Å². The molecule has 1 unspecified atom stereocenters. The standard InChI is InChI=1S/C17H21N3O2S2/c1-11-3-4-14-13(7-11)8-15(24-14)16(21)18-19-17(22)20(2)9-12-5-6-23-10-12/h5-6,8,10-11H,3-4,7,9H2,1-2H3,(H,18,21)(H,19,22). The SMILES string of the molecule is CC1CCc2sc(C(=O)NNC(=O)N(C)Cc3ccsc3)cc2C1. The van der Waals surface area contributed by atoms with Crippen molar-refractivity contribution in [2.45, 2.75) is 32.7 Å². The molecule has 2 N–H and O–H groups in total. The first-order valence-electron chi connectivity index (χ1n) is 7.97. The third-order valence-electron chi connectivity index (χ3n) is 4.18. The number of thiophene rings is 2. The summed E-state index contributed by atoms with van der Waals surface area (Å²) in [7, 11) is 1.70. The Morgan fingerprint density at radius 1 is 1.38 bits per heavy atom. The fourth-order valence-electron chi connectivity index (χ4n) is 2.81. The molecule has 0 bridgehead atoms. The van der Waals surface area contributed by atoms with Crippen molar-refractivity contribution >= 4 is 34.6 Å². The number of hydrazine groups is 1. The van der Waals surface area contributed by atoms with Gasteiger partial charge in [0.1, 0.15) is 0 Å². The number of hydrogen-bond donors (Lipinski definition) is 2. The fraction of sp³-hybridized carbons (Fsp3) is 0.412. The van der Waals surface area contributed by atoms with Gasteiger partial charge in [-0.15, -0.1) is 11.3 Å². The zero-order chi connectivity index (χ0) is 17.1. The van der Waals surface area contributed by atoms with E-state index in [4.69, 9.17) is 0 Å². The molecule has 3 rings (SSSR count). The van der Waals surface area contributed by atoms with Crippen LogP contribution in [0.3, 0.4) is 0 Å². The van der Waals surface area contributed by atoms with Crippen molar-refractivity contribution in [1.29, 1.82) is 0 Å². The zero-order valence-electron chi connectivity index (χ0n) is 13.8. The van der Waals surface area contributed by atoms with Gasteiger partial charge in [0.05, 0.1) is 4.88 Å². The van der Waals surface area contributed by atoms with Gasteiger partial charge in [-0.2, -0.15) is 11.3 Å². The number of carbonyl (C=O) groups excluding carboxylic acids is 2. The molecule has 0 fully saturated rings. The van der Waals surface area contributed by atoms with Gasteiger partial charge in [0, 0.05) is 18.5 Å². The molecule has 0 saturated carbocycles. The molecule has 1 aliphatic carbocycles. The van der Waals surface area contributed by atoms with Crippen molar-refractivity contribution in [1.82, 2.24) is 15.8 Å². The fourth-order valence-corrected chi connectivity index (χ4v) is 4.58. The second-order valence-corrected chi connectivity index (χ2v) is 8.20. The number of hydrogen-bond acceptors (Lipinski definition) is 4. The molecular formula is C17H21N3O2S2. The van der Waals surface area contributed by atoms with E-state index in [1.54, 1.807) is 18.4 Å². The van der Waals surface area contributed by atoms with Crippen LogP contribution >= 0.6 is 22.7 Å². The van der Waals surface area contributed by atoms with E-state index in [1.807, 2.05) is 22.9 Å². The van der Waals surface area contributed by atoms with E-state index in [1.165, 1.54) is 33.1 Å². The highest BCUT2D eigenvalue weighted by Crippen LogP contribution is 2.32. The first-order valence-corrected chi connectivity index (χ1v) is 9.73. The molecule has 5 nitrogen and oxygen atoms in total. The lowest BCUT2D eigenvalue weighted by molar-refractivity contribution is 0.0935. The van der Waals surface area contributed by atoms with Gasteiger partial charge in [-0.25, -0.2) is 10.2 Å². The minimum atomic E-state index is -0.329. The van der Waals surface area contributed by atoms with E-state index >= 15 is 0 Å². The van der Waals surface area contributed by atoms with Crippen molar-refractivity contribution in [3.05, 3.63) is 43.8 Å². The van der Waals surface area contributed by atoms with E-state index in [2.05, 4.69) is 17.8 Å². The Hall–Kier alpha value is -1.86. The van der Waals surface area contributed by atoms with Crippen molar-refractivity contribution in [3.63, 3.8) is 0 Å². The molecule has 24 heavy (non-hydrogen) atoms. The topological polar surface area (TPSA) is 61.4 Å². The maximum Gasteiger partial charge on any atom is 0.336 e. The highest BCUT2D eigenvalue weighted by atomic mass is 32.1. The van der Waals surface area contributed by atoms with E-state index in [0.717, 1.165) is 18.4 Å². The van der Waals surface area contributed by atoms with E-state index < -0.39 is 0 Å². The molecule has 7 heteroatoms. The summed E-state index contributed by atoms with van der Waals surface area (Å²) in [6.45, 7) is 2.75. The number of carbonyl (C=O) groups is 2. The average molecular weight is 364 g/mol. The van der Waals surface area contributed by atoms with Crippen LogP contribution in [0.2, 0.25) is 0 Å². The van der Waals surface area contributed by atoms with Crippen LogP contribution in [0.25, 0.3) is 0 Å². The average Bonchev–Trinajstić information content (AvgIpc) is 3.20. The van der Waals surface area contributed by atoms with Gasteiger partial charge in [-0.3, -0.25) is 10.2 Å². The predicted octanol–water partition coefficient (Wildman–Crippen LogP) is 3.42. The molecule has 0 radical (unpaired) electrons. The van der Waals surface area contributed by atoms with Crippen molar-refractivity contribution < 1.29 is 9.59 Å². The van der Waals surface area contributed by atoms with Crippen LogP contribution in [0.15, 0.2) is 22.9 Å². The summed E-state index contributed by atoms with van der Waals surface area (Å²) < 4.78 is 0. The first-order chi connectivity index (χ1) is 11.5. The first kappa shape index (κ1) is 17.0. The van der Waals surface area contributed by atoms with Crippen molar-refractivity contribution in [3.8, 4) is 0 Å². The lowest BCUT2D eigenvalue weighted by Crippen LogP contribution is -2.47. The Kier molecular flexibility index (Phi) is 5.20. The minimum Gasteiger partial charge on any atom is -0.322 e. The van der Waals surface area contributed by atoms with Crippen LogP contribution in [-0.2, 0) is 19.4 Å². The molecule has 1 aliphatic rings. The number of urea groups is 1. The lowest BCUT2D eigenvalue weighted by Gasteiger charge is -2.17. The summed E-state index contributed by atoms with van der Waals surface area (Å²) in [5, 5.41) is 3.97. The van der Waals surface area contributed by atoms with Gasteiger partial charge in [-0.05, 0) is 59.2 Å². The number of fused-ring (bicyclic) bond motifs is 1. The number of rotatable bonds is 3. The summed E-state index contributed by atoms with van der Waals surface area (Å²) in [6, 6.07) is 3.61. The maximum absolute atomic E-state index is 12.3. The Labute approximate surface area is 149 Å². The van der Waals surface area contributed by atoms with Crippen molar-refractivity contribution in [2.75, 3.05) is 7.05 Å². The summed E-state index contributed by atoms with van der Waals surface area (Å²) in [5.74, 6) is 0.424. The molecule has 2 aromatic heterocycles. The summed E-state index contributed by atoms with van der Waals surface area (Å²) in [5.41, 5.74) is 7.35. The summed E-state index contributed by atoms with van der Waals surface area (Å²) in [4.78, 5) is 27.8. The molecule has 0 aromatic carbocycles. The second-order valence-electron chi connectivity index (χ2n) is 6.28. The third kappa shape index (κ3) is 3.96. The van der Waals surface area contributed by atoms with Crippen LogP contribution in [0.5, 0.6) is 0 Å². The van der Waals surface area contributed by atoms with Gasteiger partial charge in [-0.1, -0.05) is 6.92 Å².